The fraction of sp³-hybridized carbons (Fsp3) is 1.00. The molecule has 0 aromatic rings. The molecule has 3 nitrogen and oxygen atoms in total. The van der Waals surface area contributed by atoms with Gasteiger partial charge in [0.2, 0.25) is 0 Å². The summed E-state index contributed by atoms with van der Waals surface area (Å²) in [4.78, 5) is 5.15. The van der Waals surface area contributed by atoms with Gasteiger partial charge in [-0.25, -0.2) is 0 Å². The third-order valence-electron chi connectivity index (χ3n) is 3.83. The van der Waals surface area contributed by atoms with Gasteiger partial charge in [-0.1, -0.05) is 19.3 Å². The van der Waals surface area contributed by atoms with Crippen molar-refractivity contribution in [1.82, 2.24) is 15.1 Å². The molecule has 15 heavy (non-hydrogen) atoms. The number of nitrogens with one attached hydrogen (secondary N) is 1. The molecule has 0 spiro atoms. The average molecular weight is 211 g/mol. The Labute approximate surface area is 93.8 Å². The largest absolute Gasteiger partial charge is 0.314 e. The Morgan fingerprint density at radius 1 is 1.13 bits per heavy atom. The first-order valence-electron chi connectivity index (χ1n) is 6.49. The van der Waals surface area contributed by atoms with Crippen LogP contribution in [0.15, 0.2) is 0 Å². The van der Waals surface area contributed by atoms with Gasteiger partial charge in [-0.3, -0.25) is 9.80 Å². The van der Waals surface area contributed by atoms with Crippen LogP contribution in [-0.2, 0) is 0 Å². The minimum Gasteiger partial charge on any atom is -0.314 e. The quantitative estimate of drug-likeness (QED) is 0.754. The highest BCUT2D eigenvalue weighted by molar-refractivity contribution is 4.75. The molecular formula is C12H25N3. The third kappa shape index (κ3) is 3.44. The molecule has 1 heterocycles. The summed E-state index contributed by atoms with van der Waals surface area (Å²) in [5.74, 6) is 0. The van der Waals surface area contributed by atoms with E-state index < -0.39 is 0 Å². The summed E-state index contributed by atoms with van der Waals surface area (Å²) in [6.45, 7) is 5.94. The zero-order valence-electron chi connectivity index (χ0n) is 10.0. The van der Waals surface area contributed by atoms with Crippen LogP contribution in [0.5, 0.6) is 0 Å². The second-order valence-corrected chi connectivity index (χ2v) is 5.06. The molecule has 0 bridgehead atoms. The fourth-order valence-corrected chi connectivity index (χ4v) is 2.81. The summed E-state index contributed by atoms with van der Waals surface area (Å²) in [5.41, 5.74) is 0. The molecule has 0 radical (unpaired) electrons. The number of rotatable bonds is 3. The van der Waals surface area contributed by atoms with Crippen LogP contribution in [0, 0.1) is 0 Å². The molecule has 0 aromatic heterocycles. The van der Waals surface area contributed by atoms with Crippen molar-refractivity contribution in [2.75, 3.05) is 39.9 Å². The Hall–Kier alpha value is -0.120. The van der Waals surface area contributed by atoms with Gasteiger partial charge in [0.1, 0.15) is 0 Å². The zero-order valence-corrected chi connectivity index (χ0v) is 10.0. The lowest BCUT2D eigenvalue weighted by molar-refractivity contribution is 0.0900. The van der Waals surface area contributed by atoms with Crippen molar-refractivity contribution in [1.29, 1.82) is 0 Å². The highest BCUT2D eigenvalue weighted by Gasteiger charge is 2.20. The van der Waals surface area contributed by atoms with Crippen LogP contribution >= 0.6 is 0 Å². The minimum atomic E-state index is 0.855. The molecule has 1 saturated heterocycles. The van der Waals surface area contributed by atoms with Gasteiger partial charge in [-0.15, -0.1) is 0 Å². The van der Waals surface area contributed by atoms with Crippen molar-refractivity contribution < 1.29 is 0 Å². The number of piperazine rings is 1. The van der Waals surface area contributed by atoms with E-state index >= 15 is 0 Å². The van der Waals surface area contributed by atoms with Gasteiger partial charge in [0.05, 0.1) is 6.67 Å². The topological polar surface area (TPSA) is 18.5 Å². The molecule has 0 atom stereocenters. The Bertz CT molecular complexity index is 172. The Morgan fingerprint density at radius 2 is 1.80 bits per heavy atom. The molecule has 1 aliphatic heterocycles. The molecule has 0 aromatic carbocycles. The van der Waals surface area contributed by atoms with Gasteiger partial charge in [0, 0.05) is 32.2 Å². The highest BCUT2D eigenvalue weighted by atomic mass is 15.3. The van der Waals surface area contributed by atoms with Crippen LogP contribution in [0.3, 0.4) is 0 Å². The van der Waals surface area contributed by atoms with Crippen molar-refractivity contribution in [2.45, 2.75) is 38.1 Å². The van der Waals surface area contributed by atoms with Gasteiger partial charge in [-0.05, 0) is 19.9 Å². The van der Waals surface area contributed by atoms with E-state index in [2.05, 4.69) is 22.2 Å². The summed E-state index contributed by atoms with van der Waals surface area (Å²) < 4.78 is 0. The molecule has 3 heteroatoms. The molecule has 1 saturated carbocycles. The van der Waals surface area contributed by atoms with E-state index in [1.807, 2.05) is 0 Å². The van der Waals surface area contributed by atoms with Crippen molar-refractivity contribution in [2.24, 2.45) is 0 Å². The highest BCUT2D eigenvalue weighted by Crippen LogP contribution is 2.21. The maximum absolute atomic E-state index is 3.41. The van der Waals surface area contributed by atoms with Crippen LogP contribution in [0.1, 0.15) is 32.1 Å². The second-order valence-electron chi connectivity index (χ2n) is 5.06. The number of nitrogens with zero attached hydrogens (tertiary/aromatic N) is 2. The van der Waals surface area contributed by atoms with Gasteiger partial charge < -0.3 is 5.32 Å². The first-order chi connectivity index (χ1) is 7.36. The second kappa shape index (κ2) is 5.83. The first-order valence-corrected chi connectivity index (χ1v) is 6.49. The van der Waals surface area contributed by atoms with Gasteiger partial charge in [-0.2, -0.15) is 0 Å². The predicted octanol–water partition coefficient (Wildman–Crippen LogP) is 1.11. The van der Waals surface area contributed by atoms with Crippen molar-refractivity contribution in [3.63, 3.8) is 0 Å². The maximum Gasteiger partial charge on any atom is 0.0507 e. The first kappa shape index (κ1) is 11.4. The summed E-state index contributed by atoms with van der Waals surface area (Å²) in [6, 6.07) is 0.855. The van der Waals surface area contributed by atoms with Gasteiger partial charge in [0.15, 0.2) is 0 Å². The Balaban J connectivity index is 1.72. The zero-order chi connectivity index (χ0) is 10.5. The molecule has 0 unspecified atom stereocenters. The Kier molecular flexibility index (Phi) is 4.42. The summed E-state index contributed by atoms with van der Waals surface area (Å²) in [6.07, 6.45) is 7.18. The van der Waals surface area contributed by atoms with Crippen LogP contribution in [-0.4, -0.2) is 55.7 Å². The number of hydrogen-bond acceptors (Lipinski definition) is 3. The minimum absolute atomic E-state index is 0.855. The number of hydrogen-bond donors (Lipinski definition) is 1. The van der Waals surface area contributed by atoms with Crippen LogP contribution < -0.4 is 5.32 Å². The average Bonchev–Trinajstić information content (AvgIpc) is 2.31. The van der Waals surface area contributed by atoms with E-state index in [-0.39, 0.29) is 0 Å². The van der Waals surface area contributed by atoms with Crippen LogP contribution in [0.25, 0.3) is 0 Å². The van der Waals surface area contributed by atoms with Gasteiger partial charge in [0.25, 0.3) is 0 Å². The lowest BCUT2D eigenvalue weighted by Crippen LogP contribution is -2.49. The van der Waals surface area contributed by atoms with Crippen LogP contribution in [0.2, 0.25) is 0 Å². The molecule has 2 rings (SSSR count). The lowest BCUT2D eigenvalue weighted by atomic mass is 9.95. The van der Waals surface area contributed by atoms with Crippen LogP contribution in [0.4, 0.5) is 0 Å². The predicted molar refractivity (Wildman–Crippen MR) is 63.9 cm³/mol. The fourth-order valence-electron chi connectivity index (χ4n) is 2.81. The molecule has 0 amide bonds. The molecular weight excluding hydrogens is 186 g/mol. The van der Waals surface area contributed by atoms with Crippen molar-refractivity contribution in [3.8, 4) is 0 Å². The van der Waals surface area contributed by atoms with Crippen molar-refractivity contribution >= 4 is 0 Å². The van der Waals surface area contributed by atoms with E-state index in [0.29, 0.717) is 0 Å². The summed E-state index contributed by atoms with van der Waals surface area (Å²) >= 11 is 0. The Morgan fingerprint density at radius 3 is 2.47 bits per heavy atom. The SMILES string of the molecule is CN(CN1CCNCC1)C1CCCCC1. The van der Waals surface area contributed by atoms with Crippen molar-refractivity contribution in [3.05, 3.63) is 0 Å². The van der Waals surface area contributed by atoms with Gasteiger partial charge >= 0.3 is 0 Å². The van der Waals surface area contributed by atoms with E-state index in [0.717, 1.165) is 6.04 Å². The molecule has 2 aliphatic rings. The van der Waals surface area contributed by atoms with E-state index in [1.165, 1.54) is 65.0 Å². The maximum atomic E-state index is 3.41. The van der Waals surface area contributed by atoms with E-state index in [9.17, 15) is 0 Å². The normalized spacial score (nSPS) is 26.0. The van der Waals surface area contributed by atoms with E-state index in [4.69, 9.17) is 0 Å². The smallest absolute Gasteiger partial charge is 0.0507 e. The lowest BCUT2D eigenvalue weighted by Gasteiger charge is -2.36. The van der Waals surface area contributed by atoms with E-state index in [1.54, 1.807) is 0 Å². The molecule has 1 N–H and O–H groups in total. The standard InChI is InChI=1S/C12H25N3/c1-14(12-5-3-2-4-6-12)11-15-9-7-13-8-10-15/h12-13H,2-11H2,1H3. The third-order valence-corrected chi connectivity index (χ3v) is 3.83. The monoisotopic (exact) mass is 211 g/mol. The molecule has 1 aliphatic carbocycles. The summed E-state index contributed by atoms with van der Waals surface area (Å²) in [7, 11) is 2.30. The summed E-state index contributed by atoms with van der Waals surface area (Å²) in [5, 5.41) is 3.41. The molecule has 2 fully saturated rings. The molecule has 88 valence electrons.